The highest BCUT2D eigenvalue weighted by atomic mass is 19.1. The molecule has 0 aliphatic rings. The van der Waals surface area contributed by atoms with Crippen LogP contribution in [0.1, 0.15) is 0 Å². The molecular weight excluding hydrogens is 176 g/mol. The fraction of sp³-hybridized carbons (Fsp3) is 0. The van der Waals surface area contributed by atoms with Crippen molar-refractivity contribution in [1.29, 1.82) is 0 Å². The number of aromatic nitrogens is 1. The molecule has 0 atom stereocenters. The largest absolute Gasteiger partial charge is 0.506 e. The number of aromatic hydroxyl groups is 1. The van der Waals surface area contributed by atoms with Gasteiger partial charge in [0.2, 0.25) is 0 Å². The fourth-order valence-electron chi connectivity index (χ4n) is 1.14. The minimum Gasteiger partial charge on any atom is -0.506 e. The van der Waals surface area contributed by atoms with Crippen molar-refractivity contribution >= 4 is 10.9 Å². The molecule has 0 bridgehead atoms. The van der Waals surface area contributed by atoms with Gasteiger partial charge in [0.05, 0.1) is 6.20 Å². The summed E-state index contributed by atoms with van der Waals surface area (Å²) in [6, 6.07) is 3.14. The molecule has 66 valence electrons. The van der Waals surface area contributed by atoms with Gasteiger partial charge in [-0.2, -0.15) is 0 Å². The Morgan fingerprint density at radius 1 is 1.15 bits per heavy atom. The highest BCUT2D eigenvalue weighted by molar-refractivity contribution is 5.80. The van der Waals surface area contributed by atoms with Crippen LogP contribution in [0.5, 0.6) is 5.75 Å². The molecule has 0 amide bonds. The monoisotopic (exact) mass is 181 g/mol. The van der Waals surface area contributed by atoms with E-state index in [1.165, 1.54) is 0 Å². The molecule has 0 fully saturated rings. The standard InChI is InChI=1S/C9H5F2NO/c10-7-1-2-8(11)9-6(7)3-5(13)4-12-9/h1-4,13H. The van der Waals surface area contributed by atoms with Crippen molar-refractivity contribution in [3.05, 3.63) is 36.0 Å². The van der Waals surface area contributed by atoms with Crippen LogP contribution in [0.3, 0.4) is 0 Å². The van der Waals surface area contributed by atoms with E-state index in [0.717, 1.165) is 24.4 Å². The zero-order chi connectivity index (χ0) is 9.42. The van der Waals surface area contributed by atoms with Crippen LogP contribution < -0.4 is 0 Å². The lowest BCUT2D eigenvalue weighted by atomic mass is 10.2. The summed E-state index contributed by atoms with van der Waals surface area (Å²) in [4.78, 5) is 3.58. The Kier molecular flexibility index (Phi) is 1.62. The third kappa shape index (κ3) is 1.20. The molecule has 1 aromatic carbocycles. The summed E-state index contributed by atoms with van der Waals surface area (Å²) in [5.41, 5.74) is -0.0715. The molecule has 2 rings (SSSR count). The molecule has 0 spiro atoms. The van der Waals surface area contributed by atoms with E-state index in [1.54, 1.807) is 0 Å². The number of benzene rings is 1. The van der Waals surface area contributed by atoms with Gasteiger partial charge in [0.1, 0.15) is 22.9 Å². The third-order valence-electron chi connectivity index (χ3n) is 1.73. The second-order valence-electron chi connectivity index (χ2n) is 2.62. The average Bonchev–Trinajstić information content (AvgIpc) is 2.12. The van der Waals surface area contributed by atoms with Crippen LogP contribution in [-0.2, 0) is 0 Å². The van der Waals surface area contributed by atoms with E-state index in [4.69, 9.17) is 5.11 Å². The van der Waals surface area contributed by atoms with Gasteiger partial charge in [0, 0.05) is 5.39 Å². The van der Waals surface area contributed by atoms with Crippen LogP contribution in [0.4, 0.5) is 8.78 Å². The molecule has 2 aromatic rings. The number of hydrogen-bond acceptors (Lipinski definition) is 2. The summed E-state index contributed by atoms with van der Waals surface area (Å²) in [5, 5.41) is 8.98. The number of fused-ring (bicyclic) bond motifs is 1. The molecule has 0 aliphatic heterocycles. The Morgan fingerprint density at radius 3 is 2.62 bits per heavy atom. The van der Waals surface area contributed by atoms with E-state index in [0.29, 0.717) is 0 Å². The summed E-state index contributed by atoms with van der Waals surface area (Å²) in [7, 11) is 0. The van der Waals surface area contributed by atoms with Gasteiger partial charge in [0.25, 0.3) is 0 Å². The van der Waals surface area contributed by atoms with Gasteiger partial charge in [-0.15, -0.1) is 0 Å². The third-order valence-corrected chi connectivity index (χ3v) is 1.73. The first-order valence-electron chi connectivity index (χ1n) is 3.61. The summed E-state index contributed by atoms with van der Waals surface area (Å²) in [5.74, 6) is -1.38. The van der Waals surface area contributed by atoms with Crippen LogP contribution in [0, 0.1) is 11.6 Å². The quantitative estimate of drug-likeness (QED) is 0.675. The zero-order valence-corrected chi connectivity index (χ0v) is 6.46. The predicted molar refractivity (Wildman–Crippen MR) is 43.3 cm³/mol. The van der Waals surface area contributed by atoms with Crippen molar-refractivity contribution in [2.24, 2.45) is 0 Å². The first-order valence-corrected chi connectivity index (χ1v) is 3.61. The Labute approximate surface area is 72.5 Å². The van der Waals surface area contributed by atoms with Crippen molar-refractivity contribution < 1.29 is 13.9 Å². The van der Waals surface area contributed by atoms with Gasteiger partial charge >= 0.3 is 0 Å². The van der Waals surface area contributed by atoms with E-state index >= 15 is 0 Å². The van der Waals surface area contributed by atoms with Crippen molar-refractivity contribution in [2.75, 3.05) is 0 Å². The molecule has 0 aliphatic carbocycles. The highest BCUT2D eigenvalue weighted by Gasteiger charge is 2.07. The summed E-state index contributed by atoms with van der Waals surface area (Å²) in [6.45, 7) is 0. The molecule has 0 unspecified atom stereocenters. The molecular formula is C9H5F2NO. The number of hydrogen-bond donors (Lipinski definition) is 1. The maximum Gasteiger partial charge on any atom is 0.149 e. The van der Waals surface area contributed by atoms with Gasteiger partial charge in [0.15, 0.2) is 0 Å². The summed E-state index contributed by atoms with van der Waals surface area (Å²) in [6.07, 6.45) is 1.07. The van der Waals surface area contributed by atoms with Crippen molar-refractivity contribution in [3.63, 3.8) is 0 Å². The minimum absolute atomic E-state index is 0.0139. The molecule has 0 saturated heterocycles. The first kappa shape index (κ1) is 7.91. The van der Waals surface area contributed by atoms with Crippen LogP contribution in [0.25, 0.3) is 10.9 Å². The lowest BCUT2D eigenvalue weighted by Crippen LogP contribution is -1.87. The molecule has 1 heterocycles. The van der Waals surface area contributed by atoms with Crippen molar-refractivity contribution in [1.82, 2.24) is 4.98 Å². The molecule has 0 radical (unpaired) electrons. The number of rotatable bonds is 0. The first-order chi connectivity index (χ1) is 6.18. The Balaban J connectivity index is 2.92. The van der Waals surface area contributed by atoms with Crippen LogP contribution in [-0.4, -0.2) is 10.1 Å². The van der Waals surface area contributed by atoms with E-state index in [2.05, 4.69) is 4.98 Å². The predicted octanol–water partition coefficient (Wildman–Crippen LogP) is 2.22. The Hall–Kier alpha value is -1.71. The van der Waals surface area contributed by atoms with Crippen LogP contribution >= 0.6 is 0 Å². The van der Waals surface area contributed by atoms with E-state index < -0.39 is 11.6 Å². The number of pyridine rings is 1. The maximum absolute atomic E-state index is 13.0. The van der Waals surface area contributed by atoms with E-state index in [9.17, 15) is 8.78 Å². The maximum atomic E-state index is 13.0. The number of nitrogens with zero attached hydrogens (tertiary/aromatic N) is 1. The zero-order valence-electron chi connectivity index (χ0n) is 6.46. The van der Waals surface area contributed by atoms with Gasteiger partial charge in [-0.3, -0.25) is 0 Å². The van der Waals surface area contributed by atoms with Gasteiger partial charge in [-0.25, -0.2) is 13.8 Å². The van der Waals surface area contributed by atoms with Crippen LogP contribution in [0.15, 0.2) is 24.4 Å². The van der Waals surface area contributed by atoms with E-state index in [-0.39, 0.29) is 16.7 Å². The SMILES string of the molecule is Oc1cnc2c(F)ccc(F)c2c1. The molecule has 13 heavy (non-hydrogen) atoms. The average molecular weight is 181 g/mol. The van der Waals surface area contributed by atoms with Crippen molar-refractivity contribution in [3.8, 4) is 5.75 Å². The molecule has 2 nitrogen and oxygen atoms in total. The Bertz CT molecular complexity index is 470. The molecule has 1 aromatic heterocycles. The minimum atomic E-state index is -0.601. The Morgan fingerprint density at radius 2 is 1.85 bits per heavy atom. The lowest BCUT2D eigenvalue weighted by Gasteiger charge is -1.99. The molecule has 4 heteroatoms. The van der Waals surface area contributed by atoms with Crippen LogP contribution in [0.2, 0.25) is 0 Å². The lowest BCUT2D eigenvalue weighted by molar-refractivity contribution is 0.473. The highest BCUT2D eigenvalue weighted by Crippen LogP contribution is 2.22. The number of halogens is 2. The molecule has 0 saturated carbocycles. The summed E-state index contributed by atoms with van der Waals surface area (Å²) < 4.78 is 26.0. The van der Waals surface area contributed by atoms with Gasteiger partial charge in [-0.1, -0.05) is 0 Å². The van der Waals surface area contributed by atoms with Gasteiger partial charge in [-0.05, 0) is 18.2 Å². The fourth-order valence-corrected chi connectivity index (χ4v) is 1.14. The normalized spacial score (nSPS) is 10.6. The summed E-state index contributed by atoms with van der Waals surface area (Å²) >= 11 is 0. The second kappa shape index (κ2) is 2.65. The van der Waals surface area contributed by atoms with E-state index in [1.807, 2.05) is 0 Å². The van der Waals surface area contributed by atoms with Gasteiger partial charge < -0.3 is 5.11 Å². The molecule has 1 N–H and O–H groups in total. The van der Waals surface area contributed by atoms with Crippen molar-refractivity contribution in [2.45, 2.75) is 0 Å². The topological polar surface area (TPSA) is 33.1 Å². The smallest absolute Gasteiger partial charge is 0.149 e. The second-order valence-corrected chi connectivity index (χ2v) is 2.62.